The molecule has 0 fully saturated rings. The smallest absolute Gasteiger partial charge is 0.214 e. The summed E-state index contributed by atoms with van der Waals surface area (Å²) in [6, 6.07) is 0. The van der Waals surface area contributed by atoms with Crippen molar-refractivity contribution in [1.82, 2.24) is 0 Å². The molecule has 0 heterocycles. The van der Waals surface area contributed by atoms with Gasteiger partial charge >= 0.3 is 0 Å². The van der Waals surface area contributed by atoms with Crippen LogP contribution in [0.4, 0.5) is 0 Å². The summed E-state index contributed by atoms with van der Waals surface area (Å²) in [5, 5.41) is 7.71. The Hall–Kier alpha value is -0.0600. The maximum atomic E-state index is 9.76. The molecule has 1 unspecified atom stereocenters. The number of carbonyl (C=O) groups is 1. The highest BCUT2D eigenvalue weighted by Gasteiger charge is 1.98. The summed E-state index contributed by atoms with van der Waals surface area (Å²) in [6.45, 7) is 4.02. The Morgan fingerprint density at radius 1 is 1.89 bits per heavy atom. The molecule has 4 heteroatoms. The third-order valence-electron chi connectivity index (χ3n) is 0.357. The molecule has 0 aromatic heterocycles. The van der Waals surface area contributed by atoms with Gasteiger partial charge in [-0.15, -0.1) is 12.6 Å². The molecule has 0 amide bonds. The van der Waals surface area contributed by atoms with E-state index in [1.165, 1.54) is 6.92 Å². The fraction of sp³-hybridized carbons (Fsp3) is 0.800. The number of hydrogen-bond acceptors (Lipinski definition) is 3. The van der Waals surface area contributed by atoms with Gasteiger partial charge in [0.1, 0.15) is 6.10 Å². The van der Waals surface area contributed by atoms with E-state index in [4.69, 9.17) is 10.8 Å². The zero-order chi connectivity index (χ0) is 7.86. The molecule has 0 aliphatic rings. The van der Waals surface area contributed by atoms with Crippen LogP contribution in [0, 0.1) is 0 Å². The largest absolute Gasteiger partial charge is 0.385 e. The van der Waals surface area contributed by atoms with E-state index in [2.05, 4.69) is 12.6 Å². The maximum Gasteiger partial charge on any atom is 0.214 e. The highest BCUT2D eigenvalue weighted by atomic mass is 32.1. The lowest BCUT2D eigenvalue weighted by Gasteiger charge is -1.89. The van der Waals surface area contributed by atoms with Crippen molar-refractivity contribution in [2.24, 2.45) is 5.73 Å². The van der Waals surface area contributed by atoms with Gasteiger partial charge < -0.3 is 10.8 Å². The molecule has 56 valence electrons. The molecule has 3 N–H and O–H groups in total. The minimum absolute atomic E-state index is 0.491. The van der Waals surface area contributed by atoms with E-state index in [0.717, 1.165) is 6.54 Å². The van der Waals surface area contributed by atoms with E-state index in [1.807, 2.05) is 6.92 Å². The number of carbonyl (C=O) groups excluding carboxylic acids is 1. The second kappa shape index (κ2) is 7.94. The molecule has 0 rings (SSSR count). The lowest BCUT2D eigenvalue weighted by Crippen LogP contribution is -2.07. The van der Waals surface area contributed by atoms with Gasteiger partial charge in [-0.3, -0.25) is 4.79 Å². The zero-order valence-electron chi connectivity index (χ0n) is 5.66. The van der Waals surface area contributed by atoms with Crippen molar-refractivity contribution in [3.63, 3.8) is 0 Å². The van der Waals surface area contributed by atoms with Gasteiger partial charge in [0.2, 0.25) is 5.12 Å². The number of thiol groups is 1. The zero-order valence-corrected chi connectivity index (χ0v) is 6.56. The van der Waals surface area contributed by atoms with Gasteiger partial charge in [-0.2, -0.15) is 0 Å². The quantitative estimate of drug-likeness (QED) is 0.454. The first-order chi connectivity index (χ1) is 4.06. The van der Waals surface area contributed by atoms with Gasteiger partial charge in [-0.05, 0) is 13.5 Å². The van der Waals surface area contributed by atoms with Crippen LogP contribution in [0.25, 0.3) is 0 Å². The predicted molar refractivity (Wildman–Crippen MR) is 40.4 cm³/mol. The Morgan fingerprint density at radius 2 is 2.00 bits per heavy atom. The van der Waals surface area contributed by atoms with Crippen molar-refractivity contribution >= 4 is 17.7 Å². The molecule has 0 spiro atoms. The minimum atomic E-state index is -0.923. The fourth-order valence-electron chi connectivity index (χ4n) is 0. The number of hydrogen-bond donors (Lipinski definition) is 3. The van der Waals surface area contributed by atoms with Crippen LogP contribution in [0.1, 0.15) is 13.8 Å². The normalized spacial score (nSPS) is 11.2. The minimum Gasteiger partial charge on any atom is -0.385 e. The van der Waals surface area contributed by atoms with Crippen LogP contribution in [0.3, 0.4) is 0 Å². The third kappa shape index (κ3) is 18.0. The van der Waals surface area contributed by atoms with Gasteiger partial charge in [0.15, 0.2) is 0 Å². The topological polar surface area (TPSA) is 63.3 Å². The van der Waals surface area contributed by atoms with E-state index < -0.39 is 11.2 Å². The molecular formula is C5H13NO2S. The van der Waals surface area contributed by atoms with Crippen molar-refractivity contribution in [3.8, 4) is 0 Å². The molecular weight excluding hydrogens is 138 g/mol. The van der Waals surface area contributed by atoms with Crippen LogP contribution in [-0.2, 0) is 4.79 Å². The summed E-state index contributed by atoms with van der Waals surface area (Å²) in [4.78, 5) is 9.76. The van der Waals surface area contributed by atoms with Gasteiger partial charge in [0.05, 0.1) is 0 Å². The molecule has 0 saturated carbocycles. The Kier molecular flexibility index (Phi) is 10.3. The van der Waals surface area contributed by atoms with E-state index in [1.54, 1.807) is 0 Å². The van der Waals surface area contributed by atoms with E-state index >= 15 is 0 Å². The molecule has 0 aromatic carbocycles. The molecule has 3 nitrogen and oxygen atoms in total. The van der Waals surface area contributed by atoms with Crippen molar-refractivity contribution in [2.75, 3.05) is 6.54 Å². The van der Waals surface area contributed by atoms with Crippen LogP contribution >= 0.6 is 12.6 Å². The SMILES string of the molecule is CC(O)C(=O)S.CCN. The number of rotatable bonds is 1. The molecule has 1 atom stereocenters. The molecule has 9 heavy (non-hydrogen) atoms. The monoisotopic (exact) mass is 151 g/mol. The number of nitrogens with two attached hydrogens (primary N) is 1. The number of aliphatic hydroxyl groups is 1. The highest BCUT2D eigenvalue weighted by Crippen LogP contribution is 1.84. The lowest BCUT2D eigenvalue weighted by atomic mass is 10.5. The Morgan fingerprint density at radius 3 is 2.00 bits per heavy atom. The first kappa shape index (κ1) is 11.7. The van der Waals surface area contributed by atoms with E-state index in [-0.39, 0.29) is 0 Å². The summed E-state index contributed by atoms with van der Waals surface area (Å²) in [5.41, 5.74) is 4.85. The maximum absolute atomic E-state index is 9.76. The van der Waals surface area contributed by atoms with Crippen molar-refractivity contribution in [2.45, 2.75) is 20.0 Å². The first-order valence-electron chi connectivity index (χ1n) is 2.67. The van der Waals surface area contributed by atoms with Crippen LogP contribution in [0.5, 0.6) is 0 Å². The van der Waals surface area contributed by atoms with Crippen molar-refractivity contribution in [1.29, 1.82) is 0 Å². The first-order valence-corrected chi connectivity index (χ1v) is 3.11. The molecule has 0 aliphatic carbocycles. The molecule has 0 saturated heterocycles. The molecule has 0 radical (unpaired) electrons. The van der Waals surface area contributed by atoms with Gasteiger partial charge in [-0.25, -0.2) is 0 Å². The lowest BCUT2D eigenvalue weighted by molar-refractivity contribution is -0.117. The summed E-state index contributed by atoms with van der Waals surface area (Å²) < 4.78 is 0. The van der Waals surface area contributed by atoms with Crippen LogP contribution in [0.15, 0.2) is 0 Å². The Bertz CT molecular complexity index is 75.4. The van der Waals surface area contributed by atoms with Crippen LogP contribution < -0.4 is 5.73 Å². The van der Waals surface area contributed by atoms with Gasteiger partial charge in [0, 0.05) is 0 Å². The second-order valence-corrected chi connectivity index (χ2v) is 1.86. The van der Waals surface area contributed by atoms with Crippen LogP contribution in [0.2, 0.25) is 0 Å². The summed E-state index contributed by atoms with van der Waals surface area (Å²) in [6.07, 6.45) is -0.923. The molecule has 0 bridgehead atoms. The van der Waals surface area contributed by atoms with E-state index in [0.29, 0.717) is 0 Å². The van der Waals surface area contributed by atoms with Crippen molar-refractivity contribution in [3.05, 3.63) is 0 Å². The molecule has 0 aromatic rings. The summed E-state index contributed by atoms with van der Waals surface area (Å²) in [7, 11) is 0. The second-order valence-electron chi connectivity index (χ2n) is 1.42. The van der Waals surface area contributed by atoms with Crippen molar-refractivity contribution < 1.29 is 9.90 Å². The number of aliphatic hydroxyl groups excluding tert-OH is 1. The summed E-state index contributed by atoms with van der Waals surface area (Å²) in [5.74, 6) is 0. The van der Waals surface area contributed by atoms with Gasteiger partial charge in [-0.1, -0.05) is 6.92 Å². The van der Waals surface area contributed by atoms with E-state index in [9.17, 15) is 4.79 Å². The molecule has 0 aliphatic heterocycles. The highest BCUT2D eigenvalue weighted by molar-refractivity contribution is 7.96. The standard InChI is InChI=1S/C3H6O2S.C2H7N/c1-2(4)3(5)6;1-2-3/h2,4H,1H3,(H,5,6);2-3H2,1H3. The predicted octanol–water partition coefficient (Wildman–Crippen LogP) is -0.211. The fourth-order valence-corrected chi connectivity index (χ4v) is 0. The third-order valence-corrected chi connectivity index (χ3v) is 0.731. The van der Waals surface area contributed by atoms with Crippen LogP contribution in [-0.4, -0.2) is 22.9 Å². The van der Waals surface area contributed by atoms with Gasteiger partial charge in [0.25, 0.3) is 0 Å². The average Bonchev–Trinajstić information content (AvgIpc) is 1.68. The summed E-state index contributed by atoms with van der Waals surface area (Å²) >= 11 is 3.30. The Balaban J connectivity index is 0. The average molecular weight is 151 g/mol. The Labute approximate surface area is 60.7 Å².